The molecule has 0 radical (unpaired) electrons. The highest BCUT2D eigenvalue weighted by atomic mass is 16.1. The Morgan fingerprint density at radius 2 is 2.16 bits per heavy atom. The minimum absolute atomic E-state index is 0.0339. The van der Waals surface area contributed by atoms with Gasteiger partial charge in [0.25, 0.3) is 0 Å². The summed E-state index contributed by atoms with van der Waals surface area (Å²) in [5.74, 6) is 0.862. The third-order valence-electron chi connectivity index (χ3n) is 3.26. The van der Waals surface area contributed by atoms with Crippen LogP contribution in [-0.2, 0) is 4.79 Å². The van der Waals surface area contributed by atoms with Crippen molar-refractivity contribution < 1.29 is 4.79 Å². The average Bonchev–Trinajstić information content (AvgIpc) is 2.82. The summed E-state index contributed by atoms with van der Waals surface area (Å²) in [7, 11) is 0. The number of nitrogens with zero attached hydrogens (tertiary/aromatic N) is 3. The smallest absolute Gasteiger partial charge is 0.223 e. The molecule has 0 aliphatic rings. The first-order valence-electron chi connectivity index (χ1n) is 6.73. The maximum absolute atomic E-state index is 12.0. The van der Waals surface area contributed by atoms with Crippen LogP contribution < -0.4 is 5.32 Å². The van der Waals surface area contributed by atoms with Crippen LogP contribution in [0.25, 0.3) is 5.65 Å². The number of rotatable bonds is 5. The van der Waals surface area contributed by atoms with E-state index in [0.29, 0.717) is 0 Å². The number of carbonyl (C=O) groups is 1. The lowest BCUT2D eigenvalue weighted by Crippen LogP contribution is -2.32. The van der Waals surface area contributed by atoms with Gasteiger partial charge in [0.05, 0.1) is 6.04 Å². The fourth-order valence-electron chi connectivity index (χ4n) is 2.14. The van der Waals surface area contributed by atoms with Crippen molar-refractivity contribution in [2.75, 3.05) is 0 Å². The summed E-state index contributed by atoms with van der Waals surface area (Å²) in [6.07, 6.45) is 3.82. The number of aromatic nitrogens is 3. The van der Waals surface area contributed by atoms with Gasteiger partial charge in [-0.15, -0.1) is 10.2 Å². The second-order valence-corrected chi connectivity index (χ2v) is 4.91. The summed E-state index contributed by atoms with van der Waals surface area (Å²) >= 11 is 0. The van der Waals surface area contributed by atoms with E-state index in [2.05, 4.69) is 22.4 Å². The first kappa shape index (κ1) is 13.5. The van der Waals surface area contributed by atoms with Gasteiger partial charge in [0.2, 0.25) is 5.91 Å². The van der Waals surface area contributed by atoms with Crippen LogP contribution in [0.15, 0.2) is 24.4 Å². The highest BCUT2D eigenvalue weighted by molar-refractivity contribution is 5.78. The molecule has 0 saturated carbocycles. The van der Waals surface area contributed by atoms with Gasteiger partial charge in [0, 0.05) is 12.1 Å². The predicted octanol–water partition coefficient (Wildman–Crippen LogP) is 2.34. The number of pyridine rings is 1. The zero-order chi connectivity index (χ0) is 13.8. The number of carbonyl (C=O) groups excluding carboxylic acids is 1. The fraction of sp³-hybridized carbons (Fsp3) is 0.500. The minimum Gasteiger partial charge on any atom is -0.346 e. The third kappa shape index (κ3) is 2.92. The van der Waals surface area contributed by atoms with Gasteiger partial charge in [-0.2, -0.15) is 0 Å². The Morgan fingerprint density at radius 1 is 1.37 bits per heavy atom. The second-order valence-electron chi connectivity index (χ2n) is 4.91. The van der Waals surface area contributed by atoms with Crippen LogP contribution in [-0.4, -0.2) is 20.5 Å². The van der Waals surface area contributed by atoms with Crippen molar-refractivity contribution in [3.63, 3.8) is 0 Å². The van der Waals surface area contributed by atoms with E-state index in [0.717, 1.165) is 24.3 Å². The Balaban J connectivity index is 2.12. The number of fused-ring (bicyclic) bond motifs is 1. The van der Waals surface area contributed by atoms with E-state index in [1.54, 1.807) is 0 Å². The molecular formula is C14H20N4O. The molecule has 0 fully saturated rings. The molecule has 2 atom stereocenters. The number of hydrogen-bond acceptors (Lipinski definition) is 3. The van der Waals surface area contributed by atoms with Crippen molar-refractivity contribution in [1.82, 2.24) is 19.9 Å². The Kier molecular flexibility index (Phi) is 4.14. The molecule has 2 unspecified atom stereocenters. The van der Waals surface area contributed by atoms with Crippen LogP contribution in [0, 0.1) is 5.92 Å². The maximum atomic E-state index is 12.0. The molecule has 0 aliphatic carbocycles. The van der Waals surface area contributed by atoms with E-state index in [9.17, 15) is 4.79 Å². The van der Waals surface area contributed by atoms with E-state index in [-0.39, 0.29) is 17.9 Å². The van der Waals surface area contributed by atoms with Crippen molar-refractivity contribution in [2.45, 2.75) is 39.7 Å². The van der Waals surface area contributed by atoms with Gasteiger partial charge >= 0.3 is 0 Å². The molecule has 0 aromatic carbocycles. The molecule has 102 valence electrons. The second kappa shape index (κ2) is 5.82. The van der Waals surface area contributed by atoms with Crippen LogP contribution >= 0.6 is 0 Å². The lowest BCUT2D eigenvalue weighted by molar-refractivity contribution is -0.125. The number of nitrogens with one attached hydrogen (secondary N) is 1. The quantitative estimate of drug-likeness (QED) is 0.897. The Bertz CT molecular complexity index is 563. The van der Waals surface area contributed by atoms with Crippen LogP contribution in [0.4, 0.5) is 0 Å². The molecule has 2 heterocycles. The molecule has 0 bridgehead atoms. The van der Waals surface area contributed by atoms with E-state index < -0.39 is 0 Å². The third-order valence-corrected chi connectivity index (χ3v) is 3.26. The van der Waals surface area contributed by atoms with E-state index in [1.165, 1.54) is 0 Å². The monoisotopic (exact) mass is 260 g/mol. The summed E-state index contributed by atoms with van der Waals surface area (Å²) in [4.78, 5) is 12.0. The van der Waals surface area contributed by atoms with E-state index >= 15 is 0 Å². The summed E-state index contributed by atoms with van der Waals surface area (Å²) in [6, 6.07) is 5.59. The largest absolute Gasteiger partial charge is 0.346 e. The number of amides is 1. The zero-order valence-electron chi connectivity index (χ0n) is 11.6. The first-order valence-corrected chi connectivity index (χ1v) is 6.73. The average molecular weight is 260 g/mol. The lowest BCUT2D eigenvalue weighted by atomic mass is 10.1. The van der Waals surface area contributed by atoms with Gasteiger partial charge in [0.15, 0.2) is 11.5 Å². The van der Waals surface area contributed by atoms with Crippen molar-refractivity contribution >= 4 is 11.6 Å². The van der Waals surface area contributed by atoms with Crippen LogP contribution in [0.3, 0.4) is 0 Å². The van der Waals surface area contributed by atoms with Gasteiger partial charge in [0.1, 0.15) is 0 Å². The molecule has 2 aromatic rings. The molecule has 19 heavy (non-hydrogen) atoms. The molecule has 2 aromatic heterocycles. The van der Waals surface area contributed by atoms with Crippen molar-refractivity contribution in [3.05, 3.63) is 30.2 Å². The highest BCUT2D eigenvalue weighted by Gasteiger charge is 2.18. The summed E-state index contributed by atoms with van der Waals surface area (Å²) in [5, 5.41) is 11.2. The summed E-state index contributed by atoms with van der Waals surface area (Å²) in [5.41, 5.74) is 0.792. The summed E-state index contributed by atoms with van der Waals surface area (Å²) < 4.78 is 1.90. The zero-order valence-corrected chi connectivity index (χ0v) is 11.6. The highest BCUT2D eigenvalue weighted by Crippen LogP contribution is 2.13. The number of hydrogen-bond donors (Lipinski definition) is 1. The molecular weight excluding hydrogens is 240 g/mol. The minimum atomic E-state index is -0.149. The normalized spacial score (nSPS) is 14.3. The molecule has 0 saturated heterocycles. The fourth-order valence-corrected chi connectivity index (χ4v) is 2.14. The van der Waals surface area contributed by atoms with Crippen molar-refractivity contribution in [2.24, 2.45) is 5.92 Å². The van der Waals surface area contributed by atoms with Gasteiger partial charge in [-0.25, -0.2) is 0 Å². The first-order chi connectivity index (χ1) is 9.13. The van der Waals surface area contributed by atoms with Gasteiger partial charge in [-0.05, 0) is 25.5 Å². The lowest BCUT2D eigenvalue weighted by Gasteiger charge is -2.16. The SMILES string of the molecule is CCCC(C)C(=O)NC(C)c1nnc2ccccn12. The van der Waals surface area contributed by atoms with Gasteiger partial charge in [-0.1, -0.05) is 26.3 Å². The van der Waals surface area contributed by atoms with Crippen LogP contribution in [0.1, 0.15) is 45.5 Å². The Morgan fingerprint density at radius 3 is 2.89 bits per heavy atom. The molecule has 0 spiro atoms. The van der Waals surface area contributed by atoms with E-state index in [4.69, 9.17) is 0 Å². The van der Waals surface area contributed by atoms with Gasteiger partial charge in [-0.3, -0.25) is 9.20 Å². The molecule has 5 nitrogen and oxygen atoms in total. The van der Waals surface area contributed by atoms with Crippen LogP contribution in [0.5, 0.6) is 0 Å². The van der Waals surface area contributed by atoms with Crippen molar-refractivity contribution in [3.8, 4) is 0 Å². The summed E-state index contributed by atoms with van der Waals surface area (Å²) in [6.45, 7) is 5.97. The molecule has 5 heteroatoms. The van der Waals surface area contributed by atoms with Crippen LogP contribution in [0.2, 0.25) is 0 Å². The molecule has 0 aliphatic heterocycles. The maximum Gasteiger partial charge on any atom is 0.223 e. The molecule has 1 N–H and O–H groups in total. The predicted molar refractivity (Wildman–Crippen MR) is 73.6 cm³/mol. The Labute approximate surface area is 113 Å². The Hall–Kier alpha value is -1.91. The van der Waals surface area contributed by atoms with Gasteiger partial charge < -0.3 is 5.32 Å². The molecule has 1 amide bonds. The van der Waals surface area contributed by atoms with E-state index in [1.807, 2.05) is 42.6 Å². The van der Waals surface area contributed by atoms with Crippen molar-refractivity contribution in [1.29, 1.82) is 0 Å². The topological polar surface area (TPSA) is 59.3 Å². The molecule has 2 rings (SSSR count). The standard InChI is InChI=1S/C14H20N4O/c1-4-7-10(2)14(19)15-11(3)13-17-16-12-8-5-6-9-18(12)13/h5-6,8-11H,4,7H2,1-3H3,(H,15,19).